The molecule has 8 heteroatoms. The maximum Gasteiger partial charge on any atom is 0.223 e. The van der Waals surface area contributed by atoms with E-state index in [9.17, 15) is 18.0 Å². The standard InChI is InChI=1S/C19H27ClN2O4S/c1-19(2,3)27(25,26)22-16-9-7-13(8-10-16)18(24)21-12-17(23)14-5-4-6-15(20)11-14/h4-6,11,13,16,22H,7-10,12H2,1-3H3,(H,21,24)/t13-,16-. The Morgan fingerprint density at radius 2 is 1.78 bits per heavy atom. The van der Waals surface area contributed by atoms with Gasteiger partial charge in [0.25, 0.3) is 0 Å². The molecule has 1 aromatic rings. The van der Waals surface area contributed by atoms with Crippen LogP contribution >= 0.6 is 11.6 Å². The van der Waals surface area contributed by atoms with Crippen LogP contribution in [0.2, 0.25) is 5.02 Å². The number of halogens is 1. The minimum absolute atomic E-state index is 0.0737. The van der Waals surface area contributed by atoms with Gasteiger partial charge in [0.1, 0.15) is 0 Å². The molecule has 1 aromatic carbocycles. The molecule has 0 bridgehead atoms. The van der Waals surface area contributed by atoms with Crippen LogP contribution in [-0.2, 0) is 14.8 Å². The molecule has 0 saturated heterocycles. The van der Waals surface area contributed by atoms with Crippen LogP contribution < -0.4 is 10.0 Å². The highest BCUT2D eigenvalue weighted by atomic mass is 35.5. The molecule has 1 fully saturated rings. The third kappa shape index (κ3) is 6.02. The average molecular weight is 415 g/mol. The quantitative estimate of drug-likeness (QED) is 0.700. The molecule has 0 radical (unpaired) electrons. The molecule has 6 nitrogen and oxygen atoms in total. The van der Waals surface area contributed by atoms with Crippen molar-refractivity contribution in [3.8, 4) is 0 Å². The zero-order chi connectivity index (χ0) is 20.2. The number of rotatable bonds is 6. The molecule has 0 unspecified atom stereocenters. The van der Waals surface area contributed by atoms with Crippen LogP contribution in [0.25, 0.3) is 0 Å². The van der Waals surface area contributed by atoms with Crippen LogP contribution in [0.1, 0.15) is 56.8 Å². The summed E-state index contributed by atoms with van der Waals surface area (Å²) in [4.78, 5) is 24.5. The fourth-order valence-electron chi connectivity index (χ4n) is 2.95. The number of sulfonamides is 1. The predicted molar refractivity (Wildman–Crippen MR) is 106 cm³/mol. The van der Waals surface area contributed by atoms with Gasteiger partial charge in [0, 0.05) is 22.5 Å². The van der Waals surface area contributed by atoms with E-state index in [0.29, 0.717) is 36.3 Å². The summed E-state index contributed by atoms with van der Waals surface area (Å²) >= 11 is 5.87. The minimum Gasteiger partial charge on any atom is -0.348 e. The molecule has 27 heavy (non-hydrogen) atoms. The topological polar surface area (TPSA) is 92.3 Å². The number of Topliss-reactive ketones (excluding diaryl/α,β-unsaturated/α-hetero) is 1. The van der Waals surface area contributed by atoms with Crippen molar-refractivity contribution >= 4 is 33.3 Å². The van der Waals surface area contributed by atoms with Gasteiger partial charge in [-0.15, -0.1) is 0 Å². The first kappa shape index (κ1) is 21.9. The Kier molecular flexibility index (Phi) is 7.05. The predicted octanol–water partition coefficient (Wildman–Crippen LogP) is 2.92. The van der Waals surface area contributed by atoms with Crippen molar-refractivity contribution < 1.29 is 18.0 Å². The van der Waals surface area contributed by atoms with Crippen LogP contribution in [0.3, 0.4) is 0 Å². The Balaban J connectivity index is 1.80. The molecule has 2 rings (SSSR count). The molecule has 1 saturated carbocycles. The van der Waals surface area contributed by atoms with E-state index < -0.39 is 14.8 Å². The molecule has 1 aliphatic carbocycles. The summed E-state index contributed by atoms with van der Waals surface area (Å²) in [5, 5.41) is 3.16. The van der Waals surface area contributed by atoms with Gasteiger partial charge in [-0.3, -0.25) is 9.59 Å². The van der Waals surface area contributed by atoms with Crippen molar-refractivity contribution in [2.45, 2.75) is 57.2 Å². The summed E-state index contributed by atoms with van der Waals surface area (Å²) in [5.74, 6) is -0.562. The zero-order valence-corrected chi connectivity index (χ0v) is 17.5. The summed E-state index contributed by atoms with van der Waals surface area (Å²) in [6.45, 7) is 4.90. The van der Waals surface area contributed by atoms with Crippen molar-refractivity contribution in [2.75, 3.05) is 6.54 Å². The Morgan fingerprint density at radius 1 is 1.15 bits per heavy atom. The van der Waals surface area contributed by atoms with E-state index in [0.717, 1.165) is 0 Å². The maximum atomic E-state index is 12.3. The van der Waals surface area contributed by atoms with Gasteiger partial charge in [0.2, 0.25) is 15.9 Å². The van der Waals surface area contributed by atoms with E-state index in [4.69, 9.17) is 11.6 Å². The van der Waals surface area contributed by atoms with E-state index in [2.05, 4.69) is 10.0 Å². The molecule has 0 atom stereocenters. The lowest BCUT2D eigenvalue weighted by atomic mass is 9.86. The lowest BCUT2D eigenvalue weighted by Crippen LogP contribution is -2.47. The summed E-state index contributed by atoms with van der Waals surface area (Å²) in [6, 6.07) is 6.46. The van der Waals surface area contributed by atoms with Crippen molar-refractivity contribution in [1.29, 1.82) is 0 Å². The molecule has 150 valence electrons. The monoisotopic (exact) mass is 414 g/mol. The van der Waals surface area contributed by atoms with Gasteiger partial charge in [0.15, 0.2) is 5.78 Å². The van der Waals surface area contributed by atoms with Crippen LogP contribution in [-0.4, -0.2) is 37.4 Å². The third-order valence-electron chi connectivity index (χ3n) is 4.80. The second kappa shape index (κ2) is 8.71. The smallest absolute Gasteiger partial charge is 0.223 e. The van der Waals surface area contributed by atoms with Gasteiger partial charge in [-0.1, -0.05) is 23.7 Å². The van der Waals surface area contributed by atoms with Crippen molar-refractivity contribution in [1.82, 2.24) is 10.0 Å². The highest BCUT2D eigenvalue weighted by Gasteiger charge is 2.34. The SMILES string of the molecule is CC(C)(C)S(=O)(=O)N[C@H]1CC[C@H](C(=O)NCC(=O)c2cccc(Cl)c2)CC1. The number of nitrogens with one attached hydrogen (secondary N) is 2. The number of hydrogen-bond donors (Lipinski definition) is 2. The molecule has 0 aliphatic heterocycles. The molecule has 0 aromatic heterocycles. The number of ketones is 1. The van der Waals surface area contributed by atoms with Crippen LogP contribution in [0.15, 0.2) is 24.3 Å². The second-order valence-electron chi connectivity index (χ2n) is 7.93. The summed E-state index contributed by atoms with van der Waals surface area (Å²) in [6.07, 6.45) is 2.40. The number of carbonyl (C=O) groups excluding carboxylic acids is 2. The minimum atomic E-state index is -3.40. The number of amides is 1. The Labute approximate surface area is 166 Å². The Bertz CT molecular complexity index is 794. The van der Waals surface area contributed by atoms with E-state index in [1.54, 1.807) is 45.0 Å². The van der Waals surface area contributed by atoms with Gasteiger partial charge in [-0.25, -0.2) is 13.1 Å². The summed E-state index contributed by atoms with van der Waals surface area (Å²) in [7, 11) is -3.40. The molecule has 1 amide bonds. The Hall–Kier alpha value is -1.44. The fourth-order valence-corrected chi connectivity index (χ4v) is 4.16. The fraction of sp³-hybridized carbons (Fsp3) is 0.579. The first-order chi connectivity index (χ1) is 12.5. The van der Waals surface area contributed by atoms with Crippen LogP contribution in [0.4, 0.5) is 0 Å². The molecular formula is C19H27ClN2O4S. The van der Waals surface area contributed by atoms with Gasteiger partial charge >= 0.3 is 0 Å². The maximum absolute atomic E-state index is 12.3. The zero-order valence-electron chi connectivity index (χ0n) is 15.9. The highest BCUT2D eigenvalue weighted by Crippen LogP contribution is 2.26. The number of hydrogen-bond acceptors (Lipinski definition) is 4. The molecule has 2 N–H and O–H groups in total. The van der Waals surface area contributed by atoms with Crippen LogP contribution in [0.5, 0.6) is 0 Å². The van der Waals surface area contributed by atoms with Gasteiger partial charge < -0.3 is 5.32 Å². The summed E-state index contributed by atoms with van der Waals surface area (Å²) < 4.78 is 26.4. The second-order valence-corrected chi connectivity index (χ2v) is 10.8. The van der Waals surface area contributed by atoms with Gasteiger partial charge in [-0.2, -0.15) is 0 Å². The lowest BCUT2D eigenvalue weighted by molar-refractivity contribution is -0.125. The average Bonchev–Trinajstić information content (AvgIpc) is 2.58. The van der Waals surface area contributed by atoms with Crippen LogP contribution in [0, 0.1) is 5.92 Å². The summed E-state index contributed by atoms with van der Waals surface area (Å²) in [5.41, 5.74) is 0.461. The van der Waals surface area contributed by atoms with Crippen molar-refractivity contribution in [2.24, 2.45) is 5.92 Å². The number of benzene rings is 1. The molecule has 0 spiro atoms. The van der Waals surface area contributed by atoms with Crippen molar-refractivity contribution in [3.05, 3.63) is 34.9 Å². The first-order valence-electron chi connectivity index (χ1n) is 9.08. The molecule has 1 aliphatic rings. The Morgan fingerprint density at radius 3 is 2.33 bits per heavy atom. The number of carbonyl (C=O) groups is 2. The highest BCUT2D eigenvalue weighted by molar-refractivity contribution is 7.90. The largest absolute Gasteiger partial charge is 0.348 e. The molecular weight excluding hydrogens is 388 g/mol. The third-order valence-corrected chi connectivity index (χ3v) is 7.29. The normalized spacial score (nSPS) is 20.9. The van der Waals surface area contributed by atoms with E-state index in [1.807, 2.05) is 0 Å². The van der Waals surface area contributed by atoms with Gasteiger partial charge in [-0.05, 0) is 58.6 Å². The first-order valence-corrected chi connectivity index (χ1v) is 10.9. The lowest BCUT2D eigenvalue weighted by Gasteiger charge is -2.30. The molecule has 0 heterocycles. The van der Waals surface area contributed by atoms with E-state index >= 15 is 0 Å². The van der Waals surface area contributed by atoms with Crippen molar-refractivity contribution in [3.63, 3.8) is 0 Å². The van der Waals surface area contributed by atoms with E-state index in [1.165, 1.54) is 0 Å². The van der Waals surface area contributed by atoms with Gasteiger partial charge in [0.05, 0.1) is 11.3 Å². The van der Waals surface area contributed by atoms with E-state index in [-0.39, 0.29) is 30.2 Å².